The molecule has 0 saturated heterocycles. The molecule has 88 valence electrons. The highest BCUT2D eigenvalue weighted by Crippen LogP contribution is 2.21. The van der Waals surface area contributed by atoms with E-state index in [0.29, 0.717) is 16.6 Å². The van der Waals surface area contributed by atoms with E-state index in [0.717, 1.165) is 0 Å². The van der Waals surface area contributed by atoms with Crippen molar-refractivity contribution in [1.82, 2.24) is 10.2 Å². The minimum absolute atomic E-state index is 0.0259. The zero-order valence-electron chi connectivity index (χ0n) is 8.99. The Morgan fingerprint density at radius 2 is 2.44 bits per heavy atom. The van der Waals surface area contributed by atoms with Crippen LogP contribution in [0.25, 0.3) is 21.3 Å². The van der Waals surface area contributed by atoms with Gasteiger partial charge in [0.05, 0.1) is 17.0 Å². The summed E-state index contributed by atoms with van der Waals surface area (Å²) in [6.07, 6.45) is 0. The summed E-state index contributed by atoms with van der Waals surface area (Å²) in [5.41, 5.74) is 9.11. The van der Waals surface area contributed by atoms with Crippen LogP contribution in [0.15, 0.2) is 23.3 Å². The van der Waals surface area contributed by atoms with Crippen molar-refractivity contribution < 1.29 is 4.92 Å². The Morgan fingerprint density at radius 3 is 3.17 bits per heavy atom. The lowest BCUT2D eigenvalue weighted by atomic mass is 10.2. The Kier molecular flexibility index (Phi) is 3.09. The highest BCUT2D eigenvalue weighted by Gasteiger charge is 2.10. The number of nitrogens with one attached hydrogen (secondary N) is 1. The first-order valence-corrected chi connectivity index (χ1v) is 4.84. The van der Waals surface area contributed by atoms with Crippen molar-refractivity contribution in [2.24, 2.45) is 5.11 Å². The second-order valence-corrected chi connectivity index (χ2v) is 3.25. The molecule has 8 nitrogen and oxygen atoms in total. The number of hydrogen-bond donors (Lipinski definition) is 1. The first-order valence-electron chi connectivity index (χ1n) is 4.84. The number of aromatic amines is 1. The average molecular weight is 242 g/mol. The van der Waals surface area contributed by atoms with E-state index in [1.807, 2.05) is 0 Å². The maximum Gasteiger partial charge on any atom is 0.270 e. The first-order chi connectivity index (χ1) is 8.72. The molecule has 0 aliphatic heterocycles. The SMILES string of the molecule is [N-]=[N+]=NCC#Cc1[nH]nc2ccc([N+](=O)[O-])cc12. The van der Waals surface area contributed by atoms with Crippen LogP contribution in [0, 0.1) is 22.0 Å². The molecule has 1 aromatic carbocycles. The normalized spacial score (nSPS) is 9.33. The fraction of sp³-hybridized carbons (Fsp3) is 0.100. The molecule has 0 fully saturated rings. The molecule has 0 aliphatic carbocycles. The summed E-state index contributed by atoms with van der Waals surface area (Å²) in [5, 5.41) is 21.1. The zero-order valence-corrected chi connectivity index (χ0v) is 8.99. The van der Waals surface area contributed by atoms with Crippen LogP contribution < -0.4 is 0 Å². The predicted octanol–water partition coefficient (Wildman–Crippen LogP) is 2.13. The molecule has 1 N–H and O–H groups in total. The van der Waals surface area contributed by atoms with Crippen LogP contribution in [0.1, 0.15) is 5.69 Å². The Balaban J connectivity index is 2.44. The summed E-state index contributed by atoms with van der Waals surface area (Å²) < 4.78 is 0. The summed E-state index contributed by atoms with van der Waals surface area (Å²) >= 11 is 0. The molecule has 0 aliphatic rings. The van der Waals surface area contributed by atoms with Gasteiger partial charge in [0.25, 0.3) is 5.69 Å². The third kappa shape index (κ3) is 2.21. The molecule has 0 unspecified atom stereocenters. The fourth-order valence-electron chi connectivity index (χ4n) is 1.40. The molecule has 0 spiro atoms. The third-order valence-electron chi connectivity index (χ3n) is 2.17. The third-order valence-corrected chi connectivity index (χ3v) is 2.17. The number of aromatic nitrogens is 2. The number of benzene rings is 1. The quantitative estimate of drug-likeness (QED) is 0.217. The van der Waals surface area contributed by atoms with Gasteiger partial charge in [-0.05, 0) is 17.5 Å². The Hall–Kier alpha value is -3.04. The number of nitro benzene ring substituents is 1. The molecule has 1 heterocycles. The highest BCUT2D eigenvalue weighted by atomic mass is 16.6. The molecule has 0 atom stereocenters. The van der Waals surface area contributed by atoms with Gasteiger partial charge in [-0.1, -0.05) is 11.0 Å². The van der Waals surface area contributed by atoms with Gasteiger partial charge in [0, 0.05) is 22.4 Å². The Bertz CT molecular complexity index is 717. The Morgan fingerprint density at radius 1 is 1.61 bits per heavy atom. The molecule has 18 heavy (non-hydrogen) atoms. The van der Waals surface area contributed by atoms with Crippen molar-refractivity contribution in [1.29, 1.82) is 0 Å². The lowest BCUT2D eigenvalue weighted by molar-refractivity contribution is -0.384. The number of azide groups is 1. The van der Waals surface area contributed by atoms with Crippen molar-refractivity contribution >= 4 is 16.6 Å². The van der Waals surface area contributed by atoms with Gasteiger partial charge in [-0.2, -0.15) is 5.10 Å². The predicted molar refractivity (Wildman–Crippen MR) is 63.6 cm³/mol. The molecule has 0 saturated carbocycles. The van der Waals surface area contributed by atoms with Crippen LogP contribution >= 0.6 is 0 Å². The van der Waals surface area contributed by atoms with Gasteiger partial charge in [-0.15, -0.1) is 0 Å². The first kappa shape index (κ1) is 11.4. The summed E-state index contributed by atoms with van der Waals surface area (Å²) in [7, 11) is 0. The second kappa shape index (κ2) is 4.86. The molecular weight excluding hydrogens is 236 g/mol. The number of fused-ring (bicyclic) bond motifs is 1. The van der Waals surface area contributed by atoms with Gasteiger partial charge >= 0.3 is 0 Å². The molecule has 2 rings (SSSR count). The van der Waals surface area contributed by atoms with Crippen molar-refractivity contribution in [3.05, 3.63) is 44.5 Å². The number of hydrogen-bond acceptors (Lipinski definition) is 4. The molecule has 0 amide bonds. The maximum atomic E-state index is 10.7. The van der Waals surface area contributed by atoms with Gasteiger partial charge in [-0.25, -0.2) is 0 Å². The maximum absolute atomic E-state index is 10.7. The standard InChI is InChI=1S/C10H6N6O2/c11-15-12-5-1-2-9-8-6-7(16(17)18)3-4-10(8)14-13-9/h3-4,6H,5H2,(H,13,14). The van der Waals surface area contributed by atoms with E-state index >= 15 is 0 Å². The van der Waals surface area contributed by atoms with E-state index in [1.54, 1.807) is 6.07 Å². The van der Waals surface area contributed by atoms with Crippen LogP contribution in [-0.2, 0) is 0 Å². The number of non-ortho nitro benzene ring substituents is 1. The largest absolute Gasteiger partial charge is 0.270 e. The van der Waals surface area contributed by atoms with E-state index in [-0.39, 0.29) is 12.2 Å². The zero-order chi connectivity index (χ0) is 13.0. The van der Waals surface area contributed by atoms with Crippen LogP contribution in [0.2, 0.25) is 0 Å². The lowest BCUT2D eigenvalue weighted by Gasteiger charge is -1.90. The number of H-pyrrole nitrogens is 1. The van der Waals surface area contributed by atoms with Crippen molar-refractivity contribution in [3.63, 3.8) is 0 Å². The summed E-state index contributed by atoms with van der Waals surface area (Å²) in [6, 6.07) is 4.32. The van der Waals surface area contributed by atoms with Gasteiger partial charge in [0.15, 0.2) is 0 Å². The van der Waals surface area contributed by atoms with Gasteiger partial charge in [0.2, 0.25) is 0 Å². The summed E-state index contributed by atoms with van der Waals surface area (Å²) in [4.78, 5) is 12.7. The van der Waals surface area contributed by atoms with Crippen LogP contribution in [0.4, 0.5) is 5.69 Å². The molecular formula is C10H6N6O2. The van der Waals surface area contributed by atoms with Crippen molar-refractivity contribution in [2.75, 3.05) is 6.54 Å². The highest BCUT2D eigenvalue weighted by molar-refractivity contribution is 5.86. The van der Waals surface area contributed by atoms with E-state index in [9.17, 15) is 10.1 Å². The fourth-order valence-corrected chi connectivity index (χ4v) is 1.40. The minimum Gasteiger partial charge on any atom is -0.269 e. The van der Waals surface area contributed by atoms with Crippen molar-refractivity contribution in [2.45, 2.75) is 0 Å². The average Bonchev–Trinajstić information content (AvgIpc) is 2.77. The van der Waals surface area contributed by atoms with Gasteiger partial charge in [-0.3, -0.25) is 15.2 Å². The van der Waals surface area contributed by atoms with Crippen molar-refractivity contribution in [3.8, 4) is 11.8 Å². The van der Waals surface area contributed by atoms with Gasteiger partial charge in [0.1, 0.15) is 5.69 Å². The summed E-state index contributed by atoms with van der Waals surface area (Å²) in [6.45, 7) is 0.0337. The van der Waals surface area contributed by atoms with E-state index in [1.165, 1.54) is 12.1 Å². The second-order valence-electron chi connectivity index (χ2n) is 3.25. The van der Waals surface area contributed by atoms with E-state index < -0.39 is 4.92 Å². The van der Waals surface area contributed by atoms with Crippen LogP contribution in [0.5, 0.6) is 0 Å². The monoisotopic (exact) mass is 242 g/mol. The Labute approximate surface area is 100 Å². The lowest BCUT2D eigenvalue weighted by Crippen LogP contribution is -1.86. The summed E-state index contributed by atoms with van der Waals surface area (Å²) in [5.74, 6) is 5.33. The number of nitrogens with zero attached hydrogens (tertiary/aromatic N) is 5. The molecule has 0 radical (unpaired) electrons. The topological polar surface area (TPSA) is 121 Å². The van der Waals surface area contributed by atoms with Crippen LogP contribution in [0.3, 0.4) is 0 Å². The van der Waals surface area contributed by atoms with E-state index in [2.05, 4.69) is 32.1 Å². The molecule has 2 aromatic rings. The molecule has 0 bridgehead atoms. The smallest absolute Gasteiger partial charge is 0.269 e. The minimum atomic E-state index is -0.483. The number of nitro groups is 1. The van der Waals surface area contributed by atoms with E-state index in [4.69, 9.17) is 5.53 Å². The van der Waals surface area contributed by atoms with Crippen LogP contribution in [-0.4, -0.2) is 21.7 Å². The molecule has 1 aromatic heterocycles. The van der Waals surface area contributed by atoms with Gasteiger partial charge < -0.3 is 0 Å². The molecule has 8 heteroatoms. The number of rotatable bonds is 2.